The van der Waals surface area contributed by atoms with Gasteiger partial charge in [-0.1, -0.05) is 0 Å². The molecule has 2 fully saturated rings. The van der Waals surface area contributed by atoms with Gasteiger partial charge in [-0.15, -0.1) is 0 Å². The molecule has 1 aromatic carbocycles. The molecule has 2 aromatic heterocycles. The highest BCUT2D eigenvalue weighted by molar-refractivity contribution is 6.00. The molecule has 7 heteroatoms. The molecule has 0 radical (unpaired) electrons. The molecule has 1 saturated heterocycles. The van der Waals surface area contributed by atoms with Crippen LogP contribution < -0.4 is 20.3 Å². The van der Waals surface area contributed by atoms with Crippen LogP contribution in [-0.4, -0.2) is 35.7 Å². The van der Waals surface area contributed by atoms with Crippen LogP contribution >= 0.6 is 0 Å². The van der Waals surface area contributed by atoms with Crippen molar-refractivity contribution in [3.05, 3.63) is 48.7 Å². The Hall–Kier alpha value is -3.35. The minimum absolute atomic E-state index is 0.325. The van der Waals surface area contributed by atoms with E-state index in [9.17, 15) is 4.79 Å². The zero-order chi connectivity index (χ0) is 19.8. The number of aromatic nitrogens is 2. The molecule has 5 rings (SSSR count). The number of fused-ring (bicyclic) bond motifs is 3. The number of piperidine rings is 1. The maximum Gasteiger partial charge on any atom is 0.323 e. The SMILES string of the molecule is COc1ccc(NC(=O)Nc2ccc3nc(N4C[C@H]5CC[C@H]4C5)ccc3c2)cn1. The van der Waals surface area contributed by atoms with Crippen molar-refractivity contribution in [2.45, 2.75) is 25.3 Å². The number of carbonyl (C=O) groups excluding carboxylic acids is 1. The predicted octanol–water partition coefficient (Wildman–Crippen LogP) is 4.27. The Morgan fingerprint density at radius 2 is 1.97 bits per heavy atom. The average molecular weight is 389 g/mol. The van der Waals surface area contributed by atoms with Crippen molar-refractivity contribution >= 4 is 34.1 Å². The largest absolute Gasteiger partial charge is 0.481 e. The van der Waals surface area contributed by atoms with Gasteiger partial charge in [0.25, 0.3) is 0 Å². The Labute approximate surface area is 169 Å². The lowest BCUT2D eigenvalue weighted by Crippen LogP contribution is -2.32. The maximum absolute atomic E-state index is 12.3. The zero-order valence-electron chi connectivity index (χ0n) is 16.3. The first-order valence-corrected chi connectivity index (χ1v) is 9.93. The van der Waals surface area contributed by atoms with Gasteiger partial charge in [0.15, 0.2) is 0 Å². The summed E-state index contributed by atoms with van der Waals surface area (Å²) in [6, 6.07) is 13.7. The van der Waals surface area contributed by atoms with Gasteiger partial charge in [0.05, 0.1) is 24.5 Å². The number of hydrogen-bond donors (Lipinski definition) is 2. The smallest absolute Gasteiger partial charge is 0.323 e. The standard InChI is InChI=1S/C22H23N5O2/c1-29-21-9-5-17(12-23-21)25-22(28)24-16-4-7-19-15(11-16)3-8-20(26-19)27-13-14-2-6-18(27)10-14/h3-5,7-9,11-12,14,18H,2,6,10,13H2,1H3,(H2,24,25,28)/t14-,18-/m0/s1. The second kappa shape index (κ2) is 7.24. The summed E-state index contributed by atoms with van der Waals surface area (Å²) < 4.78 is 5.02. The molecule has 1 aliphatic heterocycles. The van der Waals surface area contributed by atoms with E-state index < -0.39 is 0 Å². The molecule has 2 bridgehead atoms. The van der Waals surface area contributed by atoms with E-state index in [4.69, 9.17) is 9.72 Å². The van der Waals surface area contributed by atoms with Crippen molar-refractivity contribution in [3.8, 4) is 5.88 Å². The second-order valence-corrected chi connectivity index (χ2v) is 7.73. The van der Waals surface area contributed by atoms with Crippen molar-refractivity contribution in [1.82, 2.24) is 9.97 Å². The summed E-state index contributed by atoms with van der Waals surface area (Å²) in [7, 11) is 1.55. The van der Waals surface area contributed by atoms with Gasteiger partial charge in [-0.3, -0.25) is 0 Å². The van der Waals surface area contributed by atoms with Crippen LogP contribution in [0.4, 0.5) is 22.0 Å². The first-order valence-electron chi connectivity index (χ1n) is 9.93. The highest BCUT2D eigenvalue weighted by Crippen LogP contribution is 2.39. The Morgan fingerprint density at radius 1 is 1.10 bits per heavy atom. The molecule has 148 valence electrons. The Bertz CT molecular complexity index is 1050. The summed E-state index contributed by atoms with van der Waals surface area (Å²) in [4.78, 5) is 23.7. The Kier molecular flexibility index (Phi) is 4.42. The number of nitrogens with one attached hydrogen (secondary N) is 2. The van der Waals surface area contributed by atoms with Crippen LogP contribution in [0, 0.1) is 5.92 Å². The fourth-order valence-corrected chi connectivity index (χ4v) is 4.43. The third-order valence-electron chi connectivity index (χ3n) is 5.84. The molecule has 3 aromatic rings. The molecule has 2 amide bonds. The summed E-state index contributed by atoms with van der Waals surface area (Å²) in [6.45, 7) is 1.13. The van der Waals surface area contributed by atoms with E-state index in [1.807, 2.05) is 18.2 Å². The van der Waals surface area contributed by atoms with Crippen molar-refractivity contribution < 1.29 is 9.53 Å². The number of anilines is 3. The summed E-state index contributed by atoms with van der Waals surface area (Å²) in [5, 5.41) is 6.62. The second-order valence-electron chi connectivity index (χ2n) is 7.73. The molecule has 29 heavy (non-hydrogen) atoms. The summed E-state index contributed by atoms with van der Waals surface area (Å²) >= 11 is 0. The lowest BCUT2D eigenvalue weighted by atomic mass is 10.1. The van der Waals surface area contributed by atoms with E-state index in [0.29, 0.717) is 23.3 Å². The maximum atomic E-state index is 12.3. The lowest BCUT2D eigenvalue weighted by molar-refractivity contribution is 0.262. The Morgan fingerprint density at radius 3 is 2.69 bits per heavy atom. The summed E-state index contributed by atoms with van der Waals surface area (Å²) in [5.41, 5.74) is 2.25. The summed E-state index contributed by atoms with van der Waals surface area (Å²) in [5.74, 6) is 2.40. The fraction of sp³-hybridized carbons (Fsp3) is 0.318. The van der Waals surface area contributed by atoms with Gasteiger partial charge in [0, 0.05) is 29.7 Å². The van der Waals surface area contributed by atoms with E-state index in [-0.39, 0.29) is 6.03 Å². The molecule has 7 nitrogen and oxygen atoms in total. The number of urea groups is 1. The van der Waals surface area contributed by atoms with Crippen LogP contribution in [-0.2, 0) is 0 Å². The lowest BCUT2D eigenvalue weighted by Gasteiger charge is -2.28. The summed E-state index contributed by atoms with van der Waals surface area (Å²) in [6.07, 6.45) is 5.50. The number of hydrogen-bond acceptors (Lipinski definition) is 5. The monoisotopic (exact) mass is 389 g/mol. The van der Waals surface area contributed by atoms with Crippen molar-refractivity contribution in [1.29, 1.82) is 0 Å². The fourth-order valence-electron chi connectivity index (χ4n) is 4.43. The normalized spacial score (nSPS) is 20.1. The minimum atomic E-state index is -0.325. The van der Waals surface area contributed by atoms with E-state index in [2.05, 4.69) is 32.7 Å². The molecular weight excluding hydrogens is 366 g/mol. The van der Waals surface area contributed by atoms with Gasteiger partial charge < -0.3 is 20.3 Å². The van der Waals surface area contributed by atoms with Crippen LogP contribution in [0.15, 0.2) is 48.7 Å². The van der Waals surface area contributed by atoms with Crippen LogP contribution in [0.25, 0.3) is 10.9 Å². The third-order valence-corrected chi connectivity index (χ3v) is 5.84. The number of pyridine rings is 2. The highest BCUT2D eigenvalue weighted by atomic mass is 16.5. The van der Waals surface area contributed by atoms with Crippen LogP contribution in [0.5, 0.6) is 5.88 Å². The molecule has 0 spiro atoms. The average Bonchev–Trinajstić information content (AvgIpc) is 3.37. The molecule has 1 aliphatic carbocycles. The van der Waals surface area contributed by atoms with Crippen LogP contribution in [0.1, 0.15) is 19.3 Å². The number of nitrogens with zero attached hydrogens (tertiary/aromatic N) is 3. The minimum Gasteiger partial charge on any atom is -0.481 e. The number of ether oxygens (including phenoxy) is 1. The quantitative estimate of drug-likeness (QED) is 0.697. The Balaban J connectivity index is 1.28. The van der Waals surface area contributed by atoms with Gasteiger partial charge in [0.1, 0.15) is 5.82 Å². The molecule has 2 N–H and O–H groups in total. The molecule has 0 unspecified atom stereocenters. The van der Waals surface area contributed by atoms with Gasteiger partial charge in [-0.25, -0.2) is 14.8 Å². The zero-order valence-corrected chi connectivity index (χ0v) is 16.3. The molecular formula is C22H23N5O2. The van der Waals surface area contributed by atoms with Gasteiger partial charge in [0.2, 0.25) is 5.88 Å². The van der Waals surface area contributed by atoms with E-state index in [1.54, 1.807) is 25.4 Å². The van der Waals surface area contributed by atoms with Crippen molar-refractivity contribution in [2.75, 3.05) is 29.2 Å². The van der Waals surface area contributed by atoms with Crippen molar-refractivity contribution in [3.63, 3.8) is 0 Å². The van der Waals surface area contributed by atoms with Crippen molar-refractivity contribution in [2.24, 2.45) is 5.92 Å². The first-order chi connectivity index (χ1) is 14.2. The number of methoxy groups -OCH3 is 1. The third kappa shape index (κ3) is 3.55. The van der Waals surface area contributed by atoms with Gasteiger partial charge >= 0.3 is 6.03 Å². The van der Waals surface area contributed by atoms with Crippen LogP contribution in [0.2, 0.25) is 0 Å². The molecule has 3 heterocycles. The molecule has 1 saturated carbocycles. The molecule has 2 aliphatic rings. The highest BCUT2D eigenvalue weighted by Gasteiger charge is 2.38. The van der Waals surface area contributed by atoms with E-state index in [1.165, 1.54) is 19.3 Å². The number of benzene rings is 1. The number of carbonyl (C=O) groups is 1. The van der Waals surface area contributed by atoms with E-state index >= 15 is 0 Å². The predicted molar refractivity (Wildman–Crippen MR) is 114 cm³/mol. The first kappa shape index (κ1) is 17.7. The topological polar surface area (TPSA) is 79.4 Å². The van der Waals surface area contributed by atoms with Gasteiger partial charge in [-0.2, -0.15) is 0 Å². The number of amides is 2. The van der Waals surface area contributed by atoms with E-state index in [0.717, 1.165) is 29.2 Å². The van der Waals surface area contributed by atoms with Crippen LogP contribution in [0.3, 0.4) is 0 Å². The molecule has 2 atom stereocenters. The number of rotatable bonds is 4. The van der Waals surface area contributed by atoms with Gasteiger partial charge in [-0.05, 0) is 61.6 Å².